The largest absolute Gasteiger partial charge is 0.439 e. The predicted octanol–water partition coefficient (Wildman–Crippen LogP) is 2.13. The summed E-state index contributed by atoms with van der Waals surface area (Å²) in [4.78, 5) is 18.0. The SMILES string of the molecule is Cc1cc(CN)cc(Oc2cccc(C(=O)N(C)CCO)c2)n1.Cl. The van der Waals surface area contributed by atoms with Crippen molar-refractivity contribution < 1.29 is 14.6 Å². The van der Waals surface area contributed by atoms with Crippen molar-refractivity contribution in [1.82, 2.24) is 9.88 Å². The number of rotatable bonds is 6. The molecule has 0 saturated carbocycles. The Labute approximate surface area is 147 Å². The van der Waals surface area contributed by atoms with Crippen LogP contribution in [0.2, 0.25) is 0 Å². The molecule has 130 valence electrons. The molecule has 3 N–H and O–H groups in total. The highest BCUT2D eigenvalue weighted by atomic mass is 35.5. The first-order valence-corrected chi connectivity index (χ1v) is 7.35. The van der Waals surface area contributed by atoms with Gasteiger partial charge in [0.15, 0.2) is 0 Å². The van der Waals surface area contributed by atoms with Crippen LogP contribution in [-0.4, -0.2) is 41.1 Å². The van der Waals surface area contributed by atoms with Gasteiger partial charge in [0.05, 0.1) is 6.61 Å². The summed E-state index contributed by atoms with van der Waals surface area (Å²) in [6.07, 6.45) is 0. The van der Waals surface area contributed by atoms with Gasteiger partial charge in [0.1, 0.15) is 5.75 Å². The molecule has 0 aliphatic carbocycles. The molecule has 1 heterocycles. The second kappa shape index (κ2) is 9.22. The molecule has 0 fully saturated rings. The number of aromatic nitrogens is 1. The molecule has 0 unspecified atom stereocenters. The minimum atomic E-state index is -0.177. The van der Waals surface area contributed by atoms with Crippen LogP contribution in [0.1, 0.15) is 21.6 Å². The van der Waals surface area contributed by atoms with E-state index >= 15 is 0 Å². The van der Waals surface area contributed by atoms with Crippen molar-refractivity contribution >= 4 is 18.3 Å². The third-order valence-corrected chi connectivity index (χ3v) is 3.31. The molecular weight excluding hydrogens is 330 g/mol. The minimum Gasteiger partial charge on any atom is -0.439 e. The number of benzene rings is 1. The lowest BCUT2D eigenvalue weighted by Gasteiger charge is -2.16. The van der Waals surface area contributed by atoms with E-state index in [1.165, 1.54) is 4.90 Å². The molecule has 2 aromatic rings. The van der Waals surface area contributed by atoms with E-state index < -0.39 is 0 Å². The van der Waals surface area contributed by atoms with E-state index in [9.17, 15) is 4.79 Å². The van der Waals surface area contributed by atoms with Crippen molar-refractivity contribution in [1.29, 1.82) is 0 Å². The Morgan fingerprint density at radius 2 is 2.08 bits per heavy atom. The molecule has 0 bridgehead atoms. The van der Waals surface area contributed by atoms with Gasteiger partial charge in [-0.3, -0.25) is 4.79 Å². The van der Waals surface area contributed by atoms with Crippen LogP contribution >= 0.6 is 12.4 Å². The smallest absolute Gasteiger partial charge is 0.253 e. The Morgan fingerprint density at radius 3 is 2.75 bits per heavy atom. The van der Waals surface area contributed by atoms with Crippen LogP contribution in [0.15, 0.2) is 36.4 Å². The Kier molecular flexibility index (Phi) is 7.64. The van der Waals surface area contributed by atoms with Crippen molar-refractivity contribution in [2.75, 3.05) is 20.2 Å². The number of pyridine rings is 1. The van der Waals surface area contributed by atoms with Crippen LogP contribution in [0.3, 0.4) is 0 Å². The van der Waals surface area contributed by atoms with Crippen LogP contribution in [0.4, 0.5) is 0 Å². The lowest BCUT2D eigenvalue weighted by atomic mass is 10.2. The van der Waals surface area contributed by atoms with Crippen LogP contribution in [0, 0.1) is 6.92 Å². The van der Waals surface area contributed by atoms with Gasteiger partial charge in [-0.05, 0) is 36.8 Å². The fraction of sp³-hybridized carbons (Fsp3) is 0.294. The number of amides is 1. The van der Waals surface area contributed by atoms with Crippen LogP contribution < -0.4 is 10.5 Å². The summed E-state index contributed by atoms with van der Waals surface area (Å²) in [7, 11) is 1.64. The number of carbonyl (C=O) groups excluding carboxylic acids is 1. The number of nitrogens with zero attached hydrogens (tertiary/aromatic N) is 2. The molecule has 6 nitrogen and oxygen atoms in total. The molecule has 0 spiro atoms. The van der Waals surface area contributed by atoms with Crippen LogP contribution in [-0.2, 0) is 6.54 Å². The van der Waals surface area contributed by atoms with E-state index in [0.717, 1.165) is 11.3 Å². The fourth-order valence-electron chi connectivity index (χ4n) is 2.16. The molecule has 2 rings (SSSR count). The van der Waals surface area contributed by atoms with Crippen molar-refractivity contribution in [3.63, 3.8) is 0 Å². The van der Waals surface area contributed by atoms with Gasteiger partial charge >= 0.3 is 0 Å². The normalized spacial score (nSPS) is 10.0. The summed E-state index contributed by atoms with van der Waals surface area (Å²) in [5.74, 6) is 0.789. The van der Waals surface area contributed by atoms with E-state index in [0.29, 0.717) is 23.7 Å². The first-order valence-electron chi connectivity index (χ1n) is 7.35. The maximum absolute atomic E-state index is 12.2. The van der Waals surface area contributed by atoms with Gasteiger partial charge in [0.25, 0.3) is 5.91 Å². The highest BCUT2D eigenvalue weighted by Crippen LogP contribution is 2.22. The number of hydrogen-bond donors (Lipinski definition) is 2. The van der Waals surface area contributed by atoms with Crippen molar-refractivity contribution in [2.45, 2.75) is 13.5 Å². The number of likely N-dealkylation sites (N-methyl/N-ethyl adjacent to an activating group) is 1. The first kappa shape index (κ1) is 19.9. The number of aryl methyl sites for hydroxylation is 1. The number of carbonyl (C=O) groups is 1. The maximum atomic E-state index is 12.2. The van der Waals surface area contributed by atoms with Gasteiger partial charge < -0.3 is 20.5 Å². The molecule has 0 atom stereocenters. The maximum Gasteiger partial charge on any atom is 0.253 e. The number of nitrogens with two attached hydrogens (primary N) is 1. The summed E-state index contributed by atoms with van der Waals surface area (Å²) in [6.45, 7) is 2.48. The number of aliphatic hydroxyl groups is 1. The van der Waals surface area contributed by atoms with Gasteiger partial charge in [-0.2, -0.15) is 0 Å². The van der Waals surface area contributed by atoms with Gasteiger partial charge in [-0.1, -0.05) is 6.07 Å². The van der Waals surface area contributed by atoms with E-state index in [-0.39, 0.29) is 31.5 Å². The van der Waals surface area contributed by atoms with E-state index in [1.54, 1.807) is 37.4 Å². The number of halogens is 1. The van der Waals surface area contributed by atoms with E-state index in [4.69, 9.17) is 15.6 Å². The summed E-state index contributed by atoms with van der Waals surface area (Å²) in [5, 5.41) is 8.92. The topological polar surface area (TPSA) is 88.7 Å². The summed E-state index contributed by atoms with van der Waals surface area (Å²) >= 11 is 0. The number of aliphatic hydroxyl groups excluding tert-OH is 1. The zero-order chi connectivity index (χ0) is 16.8. The molecule has 0 saturated heterocycles. The fourth-order valence-corrected chi connectivity index (χ4v) is 2.16. The summed E-state index contributed by atoms with van der Waals surface area (Å²) < 4.78 is 5.75. The van der Waals surface area contributed by atoms with Crippen molar-refractivity contribution in [3.8, 4) is 11.6 Å². The zero-order valence-corrected chi connectivity index (χ0v) is 14.5. The van der Waals surface area contributed by atoms with Gasteiger partial charge in [0, 0.05) is 37.5 Å². The van der Waals surface area contributed by atoms with Gasteiger partial charge in [-0.25, -0.2) is 4.98 Å². The second-order valence-corrected chi connectivity index (χ2v) is 5.24. The highest BCUT2D eigenvalue weighted by Gasteiger charge is 2.12. The van der Waals surface area contributed by atoms with Crippen molar-refractivity contribution in [3.05, 3.63) is 53.2 Å². The Hall–Kier alpha value is -2.15. The average Bonchev–Trinajstić information content (AvgIpc) is 2.54. The molecule has 1 aromatic carbocycles. The Bertz CT molecular complexity index is 695. The van der Waals surface area contributed by atoms with Crippen molar-refractivity contribution in [2.24, 2.45) is 5.73 Å². The average molecular weight is 352 g/mol. The first-order chi connectivity index (χ1) is 11.0. The van der Waals surface area contributed by atoms with Crippen LogP contribution in [0.25, 0.3) is 0 Å². The Morgan fingerprint density at radius 1 is 1.33 bits per heavy atom. The quantitative estimate of drug-likeness (QED) is 0.832. The molecule has 1 aromatic heterocycles. The summed E-state index contributed by atoms with van der Waals surface area (Å²) in [6, 6.07) is 10.5. The number of ether oxygens (including phenoxy) is 1. The standard InChI is InChI=1S/C17H21N3O3.ClH/c1-12-8-13(11-18)9-16(19-12)23-15-5-3-4-14(10-15)17(22)20(2)6-7-21;/h3-5,8-10,21H,6-7,11,18H2,1-2H3;1H. The summed E-state index contributed by atoms with van der Waals surface area (Å²) in [5.41, 5.74) is 7.89. The molecule has 7 heteroatoms. The second-order valence-electron chi connectivity index (χ2n) is 5.24. The van der Waals surface area contributed by atoms with E-state index in [1.807, 2.05) is 13.0 Å². The molecule has 0 aliphatic heterocycles. The zero-order valence-electron chi connectivity index (χ0n) is 13.7. The lowest BCUT2D eigenvalue weighted by Crippen LogP contribution is -2.29. The number of hydrogen-bond acceptors (Lipinski definition) is 5. The molecule has 1 amide bonds. The molecule has 0 radical (unpaired) electrons. The molecular formula is C17H22ClN3O3. The van der Waals surface area contributed by atoms with Crippen LogP contribution in [0.5, 0.6) is 11.6 Å². The third-order valence-electron chi connectivity index (χ3n) is 3.31. The van der Waals surface area contributed by atoms with Gasteiger partial charge in [0.2, 0.25) is 5.88 Å². The predicted molar refractivity (Wildman–Crippen MR) is 94.7 cm³/mol. The van der Waals surface area contributed by atoms with Gasteiger partial charge in [-0.15, -0.1) is 12.4 Å². The third kappa shape index (κ3) is 5.19. The molecule has 0 aliphatic rings. The minimum absolute atomic E-state index is 0. The molecule has 24 heavy (non-hydrogen) atoms. The monoisotopic (exact) mass is 351 g/mol. The van der Waals surface area contributed by atoms with E-state index in [2.05, 4.69) is 4.98 Å². The Balaban J connectivity index is 0.00000288. The highest BCUT2D eigenvalue weighted by molar-refractivity contribution is 5.94. The lowest BCUT2D eigenvalue weighted by molar-refractivity contribution is 0.0766.